The summed E-state index contributed by atoms with van der Waals surface area (Å²) in [7, 11) is 0. The maximum absolute atomic E-state index is 13.6. The van der Waals surface area contributed by atoms with E-state index < -0.39 is 0 Å². The Bertz CT molecular complexity index is 1770. The van der Waals surface area contributed by atoms with Crippen LogP contribution < -0.4 is 11.1 Å². The van der Waals surface area contributed by atoms with Crippen LogP contribution in [0.3, 0.4) is 0 Å². The molecule has 1 aliphatic rings. The van der Waals surface area contributed by atoms with Crippen molar-refractivity contribution in [2.45, 2.75) is 32.2 Å². The number of imidazole rings is 1. The molecule has 0 bridgehead atoms. The highest BCUT2D eigenvalue weighted by atomic mass is 35.5. The van der Waals surface area contributed by atoms with Crippen LogP contribution in [0.4, 0.5) is 11.6 Å². The van der Waals surface area contributed by atoms with E-state index in [4.69, 9.17) is 22.3 Å². The predicted molar refractivity (Wildman–Crippen MR) is 154 cm³/mol. The van der Waals surface area contributed by atoms with E-state index >= 15 is 0 Å². The van der Waals surface area contributed by atoms with Gasteiger partial charge in [0.2, 0.25) is 5.28 Å². The molecule has 1 saturated heterocycles. The Morgan fingerprint density at radius 3 is 2.68 bits per heavy atom. The van der Waals surface area contributed by atoms with Crippen molar-refractivity contribution in [3.05, 3.63) is 95.2 Å². The number of aromatic nitrogens is 6. The first kappa shape index (κ1) is 26.3. The molecule has 2 amide bonds. The number of nitrogens with two attached hydrogens (primary N) is 1. The van der Waals surface area contributed by atoms with E-state index in [2.05, 4.69) is 25.3 Å². The molecule has 1 aromatic carbocycles. The number of likely N-dealkylation sites (tertiary alicyclic amines) is 1. The molecule has 1 aliphatic heterocycles. The second kappa shape index (κ2) is 10.9. The summed E-state index contributed by atoms with van der Waals surface area (Å²) in [6.07, 6.45) is 9.03. The molecule has 0 aliphatic carbocycles. The van der Waals surface area contributed by atoms with Gasteiger partial charge in [-0.2, -0.15) is 0 Å². The number of nitrogens with one attached hydrogen (secondary N) is 1. The lowest BCUT2D eigenvalue weighted by Crippen LogP contribution is -2.39. The average molecular weight is 568 g/mol. The van der Waals surface area contributed by atoms with Crippen molar-refractivity contribution in [2.24, 2.45) is 0 Å². The van der Waals surface area contributed by atoms with Crippen LogP contribution in [0.15, 0.2) is 67.3 Å². The Morgan fingerprint density at radius 1 is 1.02 bits per heavy atom. The van der Waals surface area contributed by atoms with Crippen LogP contribution in [0.25, 0.3) is 16.8 Å². The number of benzene rings is 1. The maximum Gasteiger partial charge on any atom is 0.273 e. The van der Waals surface area contributed by atoms with Crippen molar-refractivity contribution in [1.82, 2.24) is 34.2 Å². The highest BCUT2D eigenvalue weighted by Gasteiger charge is 2.34. The molecule has 0 unspecified atom stereocenters. The van der Waals surface area contributed by atoms with Crippen LogP contribution >= 0.6 is 11.6 Å². The number of fused-ring (bicyclic) bond motifs is 1. The molecule has 1 atom stereocenters. The van der Waals surface area contributed by atoms with Gasteiger partial charge in [-0.25, -0.2) is 24.9 Å². The number of pyridine rings is 1. The standard InChI is InChI=1S/C29H26ClN9O2/c1-17-16-18(27(40)36-22-7-2-4-11-32-22)8-9-19(17)23-24-25(31)33-13-15-39(24)26(37-23)21-6-3-5-14-38(21)28(41)20-10-12-34-29(30)35-20/h2,4,7-13,15-16,21H,3,5-6,14H2,1H3,(H2,31,33)(H,32,36,40)/t21-/m0/s1. The van der Waals surface area contributed by atoms with E-state index in [1.54, 1.807) is 59.9 Å². The Balaban J connectivity index is 1.39. The average Bonchev–Trinajstić information content (AvgIpc) is 3.38. The number of amides is 2. The van der Waals surface area contributed by atoms with Gasteiger partial charge in [0.05, 0.1) is 6.04 Å². The van der Waals surface area contributed by atoms with Gasteiger partial charge >= 0.3 is 0 Å². The second-order valence-corrected chi connectivity index (χ2v) is 10.1. The van der Waals surface area contributed by atoms with Crippen molar-refractivity contribution >= 4 is 40.6 Å². The molecule has 3 N–H and O–H groups in total. The van der Waals surface area contributed by atoms with Gasteiger partial charge in [-0.15, -0.1) is 0 Å². The lowest BCUT2D eigenvalue weighted by atomic mass is 10.0. The first-order valence-corrected chi connectivity index (χ1v) is 13.5. The second-order valence-electron chi connectivity index (χ2n) is 9.77. The third kappa shape index (κ3) is 5.07. The topological polar surface area (TPSA) is 144 Å². The van der Waals surface area contributed by atoms with Crippen LogP contribution in [0.1, 0.15) is 57.5 Å². The van der Waals surface area contributed by atoms with Crippen LogP contribution in [0.5, 0.6) is 0 Å². The molecule has 11 nitrogen and oxygen atoms in total. The number of nitrogens with zero attached hydrogens (tertiary/aromatic N) is 7. The van der Waals surface area contributed by atoms with Crippen molar-refractivity contribution in [3.8, 4) is 11.3 Å². The largest absolute Gasteiger partial charge is 0.382 e. The molecule has 0 radical (unpaired) electrons. The fraction of sp³-hybridized carbons (Fsp3) is 0.207. The van der Waals surface area contributed by atoms with Gasteiger partial charge in [0, 0.05) is 42.5 Å². The lowest BCUT2D eigenvalue weighted by molar-refractivity contribution is 0.0593. The number of aryl methyl sites for hydroxylation is 1. The maximum atomic E-state index is 13.6. The van der Waals surface area contributed by atoms with E-state index in [1.165, 1.54) is 6.20 Å². The number of carbonyl (C=O) groups excluding carboxylic acids is 2. The van der Waals surface area contributed by atoms with Crippen LogP contribution in [-0.2, 0) is 0 Å². The molecule has 0 spiro atoms. The van der Waals surface area contributed by atoms with E-state index in [-0.39, 0.29) is 28.8 Å². The zero-order chi connectivity index (χ0) is 28.5. The highest BCUT2D eigenvalue weighted by Crippen LogP contribution is 2.37. The predicted octanol–water partition coefficient (Wildman–Crippen LogP) is 4.75. The number of anilines is 2. The minimum Gasteiger partial charge on any atom is -0.382 e. The summed E-state index contributed by atoms with van der Waals surface area (Å²) in [5, 5.41) is 2.83. The summed E-state index contributed by atoms with van der Waals surface area (Å²) in [5.41, 5.74) is 10.0. The van der Waals surface area contributed by atoms with Crippen molar-refractivity contribution in [1.29, 1.82) is 0 Å². The van der Waals surface area contributed by atoms with Crippen LogP contribution in [0.2, 0.25) is 5.28 Å². The summed E-state index contributed by atoms with van der Waals surface area (Å²) in [6, 6.07) is 12.0. The van der Waals surface area contributed by atoms with Crippen molar-refractivity contribution < 1.29 is 9.59 Å². The molecule has 5 aromatic rings. The number of nitrogen functional groups attached to an aromatic ring is 1. The molecule has 4 aromatic heterocycles. The van der Waals surface area contributed by atoms with Gasteiger partial charge in [-0.05, 0) is 73.7 Å². The number of piperidine rings is 1. The van der Waals surface area contributed by atoms with Gasteiger partial charge in [0.1, 0.15) is 34.4 Å². The van der Waals surface area contributed by atoms with E-state index in [0.717, 1.165) is 30.4 Å². The minimum atomic E-state index is -0.322. The lowest BCUT2D eigenvalue weighted by Gasteiger charge is -2.34. The van der Waals surface area contributed by atoms with Crippen molar-refractivity contribution in [2.75, 3.05) is 17.6 Å². The molecular weight excluding hydrogens is 542 g/mol. The number of hydrogen-bond acceptors (Lipinski definition) is 8. The molecule has 206 valence electrons. The van der Waals surface area contributed by atoms with Gasteiger partial charge in [0.25, 0.3) is 11.8 Å². The number of carbonyl (C=O) groups is 2. The Labute approximate surface area is 240 Å². The van der Waals surface area contributed by atoms with Gasteiger partial charge in [-0.3, -0.25) is 14.0 Å². The Morgan fingerprint density at radius 2 is 1.90 bits per heavy atom. The Kier molecular flexibility index (Phi) is 7.02. The minimum absolute atomic E-state index is 0.0180. The summed E-state index contributed by atoms with van der Waals surface area (Å²) in [4.78, 5) is 49.8. The van der Waals surface area contributed by atoms with Gasteiger partial charge < -0.3 is 16.0 Å². The van der Waals surface area contributed by atoms with Crippen LogP contribution in [0, 0.1) is 6.92 Å². The first-order valence-electron chi connectivity index (χ1n) is 13.2. The summed E-state index contributed by atoms with van der Waals surface area (Å²) < 4.78 is 1.90. The molecule has 1 fully saturated rings. The number of rotatable bonds is 5. The Hall–Kier alpha value is -4.90. The SMILES string of the molecule is Cc1cc(C(=O)Nc2ccccn2)ccc1-c1nc([C@@H]2CCCCN2C(=O)c2ccnc(Cl)n2)n2ccnc(N)c12. The fourth-order valence-electron chi connectivity index (χ4n) is 5.25. The number of halogens is 1. The van der Waals surface area contributed by atoms with Gasteiger partial charge in [-0.1, -0.05) is 12.1 Å². The highest BCUT2D eigenvalue weighted by molar-refractivity contribution is 6.28. The molecule has 41 heavy (non-hydrogen) atoms. The molecular formula is C29H26ClN9O2. The fourth-order valence-corrected chi connectivity index (χ4v) is 5.40. The number of hydrogen-bond donors (Lipinski definition) is 2. The van der Waals surface area contributed by atoms with E-state index in [0.29, 0.717) is 40.8 Å². The smallest absolute Gasteiger partial charge is 0.273 e. The van der Waals surface area contributed by atoms with Crippen molar-refractivity contribution in [3.63, 3.8) is 0 Å². The van der Waals surface area contributed by atoms with E-state index in [1.807, 2.05) is 17.4 Å². The first-order chi connectivity index (χ1) is 19.9. The normalized spacial score (nSPS) is 15.2. The molecule has 0 saturated carbocycles. The zero-order valence-corrected chi connectivity index (χ0v) is 22.9. The monoisotopic (exact) mass is 567 g/mol. The summed E-state index contributed by atoms with van der Waals surface area (Å²) in [6.45, 7) is 2.47. The zero-order valence-electron chi connectivity index (χ0n) is 22.2. The van der Waals surface area contributed by atoms with Gasteiger partial charge in [0.15, 0.2) is 0 Å². The molecule has 5 heterocycles. The van der Waals surface area contributed by atoms with E-state index in [9.17, 15) is 9.59 Å². The third-order valence-corrected chi connectivity index (χ3v) is 7.35. The summed E-state index contributed by atoms with van der Waals surface area (Å²) in [5.74, 6) is 0.955. The molecule has 6 rings (SSSR count). The molecule has 12 heteroatoms. The third-order valence-electron chi connectivity index (χ3n) is 7.17. The summed E-state index contributed by atoms with van der Waals surface area (Å²) >= 11 is 5.98. The quantitative estimate of drug-likeness (QED) is 0.290. The van der Waals surface area contributed by atoms with Crippen LogP contribution in [-0.4, -0.2) is 52.6 Å².